The van der Waals surface area contributed by atoms with E-state index in [4.69, 9.17) is 0 Å². The standard InChI is InChI=1S/C23H22F5N5O4S2/c1-31(16-7-8-32(12-16)11-15-5-3-2-4-6-15)18-10-29-20(9-17(18)21(24)25)39(35,36)33(19-13-38-14-30-19)37-22(34)23(26,27)28/h2-6,9-10,13-14,16,21H,7-8,11-12H2,1H3/t16-/m0/s1. The fraction of sp³-hybridized carbons (Fsp3) is 0.348. The molecule has 1 atom stereocenters. The number of thiazole rings is 1. The zero-order chi connectivity index (χ0) is 28.4. The van der Waals surface area contributed by atoms with Gasteiger partial charge in [-0.05, 0) is 18.1 Å². The molecule has 0 amide bonds. The molecule has 210 valence electrons. The van der Waals surface area contributed by atoms with Gasteiger partial charge in [0.05, 0.1) is 17.4 Å². The van der Waals surface area contributed by atoms with Gasteiger partial charge in [0.25, 0.3) is 6.43 Å². The summed E-state index contributed by atoms with van der Waals surface area (Å²) in [6.45, 7) is 1.94. The van der Waals surface area contributed by atoms with E-state index in [2.05, 4.69) is 19.7 Å². The van der Waals surface area contributed by atoms with Crippen LogP contribution in [0.1, 0.15) is 24.0 Å². The lowest BCUT2D eigenvalue weighted by Crippen LogP contribution is -2.39. The van der Waals surface area contributed by atoms with Gasteiger partial charge in [-0.3, -0.25) is 4.90 Å². The third-order valence-corrected chi connectivity index (χ3v) is 8.06. The molecule has 3 heterocycles. The predicted octanol–water partition coefficient (Wildman–Crippen LogP) is 4.40. The maximum atomic E-state index is 14.1. The largest absolute Gasteiger partial charge is 0.493 e. The van der Waals surface area contributed by atoms with Crippen LogP contribution in [0.5, 0.6) is 0 Å². The summed E-state index contributed by atoms with van der Waals surface area (Å²) in [5.41, 5.74) is 1.44. The smallest absolute Gasteiger partial charge is 0.369 e. The van der Waals surface area contributed by atoms with Crippen molar-refractivity contribution in [2.24, 2.45) is 0 Å². The van der Waals surface area contributed by atoms with Crippen molar-refractivity contribution in [3.05, 3.63) is 64.6 Å². The molecule has 1 aromatic carbocycles. The minimum atomic E-state index is -5.53. The highest BCUT2D eigenvalue weighted by molar-refractivity contribution is 7.92. The molecule has 0 radical (unpaired) electrons. The van der Waals surface area contributed by atoms with Gasteiger partial charge in [-0.1, -0.05) is 34.8 Å². The minimum Gasteiger partial charge on any atom is -0.369 e. The topological polar surface area (TPSA) is 95.9 Å². The van der Waals surface area contributed by atoms with E-state index in [1.165, 1.54) is 0 Å². The number of sulfonamides is 1. The van der Waals surface area contributed by atoms with Crippen LogP contribution in [0.3, 0.4) is 0 Å². The van der Waals surface area contributed by atoms with Crippen molar-refractivity contribution >= 4 is 38.8 Å². The predicted molar refractivity (Wildman–Crippen MR) is 132 cm³/mol. The quantitative estimate of drug-likeness (QED) is 0.267. The molecule has 1 aliphatic heterocycles. The molecule has 0 N–H and O–H groups in total. The van der Waals surface area contributed by atoms with E-state index in [0.717, 1.165) is 34.0 Å². The van der Waals surface area contributed by atoms with Crippen molar-refractivity contribution in [2.45, 2.75) is 36.6 Å². The van der Waals surface area contributed by atoms with Gasteiger partial charge in [-0.2, -0.15) is 21.6 Å². The second kappa shape index (κ2) is 11.4. The molecule has 3 aromatic rings. The monoisotopic (exact) mass is 591 g/mol. The van der Waals surface area contributed by atoms with Crippen LogP contribution in [-0.4, -0.2) is 61.6 Å². The van der Waals surface area contributed by atoms with E-state index in [9.17, 15) is 35.2 Å². The second-order valence-corrected chi connectivity index (χ2v) is 11.0. The van der Waals surface area contributed by atoms with Crippen LogP contribution < -0.4 is 9.37 Å². The maximum Gasteiger partial charge on any atom is 0.493 e. The Balaban J connectivity index is 1.60. The van der Waals surface area contributed by atoms with Crippen LogP contribution >= 0.6 is 11.3 Å². The number of aromatic nitrogens is 2. The Morgan fingerprint density at radius 1 is 1.23 bits per heavy atom. The number of carbonyl (C=O) groups is 1. The van der Waals surface area contributed by atoms with Gasteiger partial charge in [-0.15, -0.1) is 11.3 Å². The summed E-state index contributed by atoms with van der Waals surface area (Å²) in [6.07, 6.45) is -7.12. The first-order valence-corrected chi connectivity index (χ1v) is 13.8. The molecule has 39 heavy (non-hydrogen) atoms. The average molecular weight is 592 g/mol. The van der Waals surface area contributed by atoms with Gasteiger partial charge in [0.2, 0.25) is 0 Å². The number of nitrogens with zero attached hydrogens (tertiary/aromatic N) is 5. The molecule has 1 saturated heterocycles. The number of rotatable bonds is 9. The first-order valence-electron chi connectivity index (χ1n) is 11.4. The van der Waals surface area contributed by atoms with Gasteiger partial charge >= 0.3 is 22.2 Å². The van der Waals surface area contributed by atoms with E-state index in [0.29, 0.717) is 32.1 Å². The third kappa shape index (κ3) is 6.45. The van der Waals surface area contributed by atoms with Crippen LogP contribution in [0.4, 0.5) is 33.5 Å². The summed E-state index contributed by atoms with van der Waals surface area (Å²) in [5.74, 6) is -3.52. The highest BCUT2D eigenvalue weighted by Crippen LogP contribution is 2.34. The van der Waals surface area contributed by atoms with Crippen molar-refractivity contribution in [3.63, 3.8) is 0 Å². The van der Waals surface area contributed by atoms with Gasteiger partial charge in [-0.25, -0.2) is 23.5 Å². The number of alkyl halides is 5. The van der Waals surface area contributed by atoms with Crippen LogP contribution in [0, 0.1) is 0 Å². The SMILES string of the molecule is CN(c1cnc(S(=O)(=O)N(OC(=O)C(F)(F)F)c2cscn2)cc1C(F)F)[C@H]1CCN(Cc2ccccc2)C1. The molecule has 0 saturated carbocycles. The number of halogens is 5. The van der Waals surface area contributed by atoms with Crippen molar-refractivity contribution in [3.8, 4) is 0 Å². The fourth-order valence-electron chi connectivity index (χ4n) is 4.09. The van der Waals surface area contributed by atoms with Gasteiger partial charge in [0, 0.05) is 43.7 Å². The molecular weight excluding hydrogens is 569 g/mol. The van der Waals surface area contributed by atoms with E-state index >= 15 is 0 Å². The highest BCUT2D eigenvalue weighted by atomic mass is 32.2. The normalized spacial score (nSPS) is 16.4. The van der Waals surface area contributed by atoms with Crippen LogP contribution in [0.2, 0.25) is 0 Å². The number of likely N-dealkylation sites (tertiary alicyclic amines) is 1. The Morgan fingerprint density at radius 3 is 2.56 bits per heavy atom. The van der Waals surface area contributed by atoms with Gasteiger partial charge in [0.1, 0.15) is 0 Å². The first-order chi connectivity index (χ1) is 18.4. The van der Waals surface area contributed by atoms with E-state index in [-0.39, 0.29) is 16.2 Å². The van der Waals surface area contributed by atoms with Gasteiger partial charge in [0.15, 0.2) is 10.8 Å². The zero-order valence-corrected chi connectivity index (χ0v) is 21.9. The summed E-state index contributed by atoms with van der Waals surface area (Å²) in [6, 6.07) is 10.1. The molecule has 9 nitrogen and oxygen atoms in total. The van der Waals surface area contributed by atoms with Crippen molar-refractivity contribution < 1.29 is 40.0 Å². The van der Waals surface area contributed by atoms with Crippen LogP contribution in [0.25, 0.3) is 0 Å². The Labute approximate surface area is 224 Å². The second-order valence-electron chi connectivity index (χ2n) is 8.61. The summed E-state index contributed by atoms with van der Waals surface area (Å²) >= 11 is 0.802. The molecule has 0 unspecified atom stereocenters. The minimum absolute atomic E-state index is 0.0389. The molecular formula is C23H22F5N5O4S2. The number of carbonyl (C=O) groups excluding carboxylic acids is 1. The summed E-state index contributed by atoms with van der Waals surface area (Å²) in [5, 5.41) is -0.0476. The lowest BCUT2D eigenvalue weighted by molar-refractivity contribution is -0.199. The molecule has 2 aromatic heterocycles. The van der Waals surface area contributed by atoms with E-state index < -0.39 is 45.0 Å². The zero-order valence-electron chi connectivity index (χ0n) is 20.3. The molecule has 4 rings (SSSR count). The number of hydrogen-bond donors (Lipinski definition) is 0. The Hall–Kier alpha value is -3.37. The Kier molecular flexibility index (Phi) is 8.37. The maximum absolute atomic E-state index is 14.1. The highest BCUT2D eigenvalue weighted by Gasteiger charge is 2.45. The fourth-order valence-corrected chi connectivity index (χ4v) is 5.81. The molecule has 0 bridgehead atoms. The molecule has 16 heteroatoms. The van der Waals surface area contributed by atoms with Gasteiger partial charge < -0.3 is 9.74 Å². The number of likely N-dealkylation sites (N-methyl/N-ethyl adjacent to an activating group) is 1. The van der Waals surface area contributed by atoms with E-state index in [1.54, 1.807) is 11.9 Å². The molecule has 1 aliphatic rings. The number of pyridine rings is 1. The lowest BCUT2D eigenvalue weighted by Gasteiger charge is -2.29. The number of anilines is 2. The summed E-state index contributed by atoms with van der Waals surface area (Å²) in [4.78, 5) is 26.6. The molecule has 1 fully saturated rings. The summed E-state index contributed by atoms with van der Waals surface area (Å²) in [7, 11) is -3.59. The summed E-state index contributed by atoms with van der Waals surface area (Å²) < 4.78 is 92.6. The molecule has 0 spiro atoms. The van der Waals surface area contributed by atoms with E-state index in [1.807, 2.05) is 30.3 Å². The van der Waals surface area contributed by atoms with Crippen molar-refractivity contribution in [2.75, 3.05) is 29.5 Å². The van der Waals surface area contributed by atoms with Crippen molar-refractivity contribution in [1.29, 1.82) is 0 Å². The van der Waals surface area contributed by atoms with Crippen LogP contribution in [0.15, 0.2) is 58.5 Å². The van der Waals surface area contributed by atoms with Crippen LogP contribution in [-0.2, 0) is 26.2 Å². The molecule has 0 aliphatic carbocycles. The third-order valence-electron chi connectivity index (χ3n) is 6.03. The Bertz CT molecular complexity index is 1390. The number of hydrogen-bond acceptors (Lipinski definition) is 9. The number of benzene rings is 1. The first kappa shape index (κ1) is 28.6. The van der Waals surface area contributed by atoms with Crippen molar-refractivity contribution in [1.82, 2.24) is 14.9 Å². The average Bonchev–Trinajstić information content (AvgIpc) is 3.59. The Morgan fingerprint density at radius 2 is 1.95 bits per heavy atom. The lowest BCUT2D eigenvalue weighted by atomic mass is 10.1.